The largest absolute Gasteiger partial charge is 0.349 e. The van der Waals surface area contributed by atoms with Gasteiger partial charge in [-0.1, -0.05) is 30.3 Å². The van der Waals surface area contributed by atoms with Crippen LogP contribution in [0.25, 0.3) is 6.08 Å². The van der Waals surface area contributed by atoms with Gasteiger partial charge in [0.25, 0.3) is 5.91 Å². The quantitative estimate of drug-likeness (QED) is 0.707. The first-order valence-corrected chi connectivity index (χ1v) is 10.8. The molecule has 2 aromatic carbocycles. The van der Waals surface area contributed by atoms with Gasteiger partial charge >= 0.3 is 0 Å². The molecule has 1 aliphatic carbocycles. The van der Waals surface area contributed by atoms with Gasteiger partial charge < -0.3 is 15.5 Å². The zero-order chi connectivity index (χ0) is 21.6. The Hall–Kier alpha value is -3.41. The summed E-state index contributed by atoms with van der Waals surface area (Å²) in [6.45, 7) is 1.13. The third kappa shape index (κ3) is 5.81. The number of hydrogen-bond donors (Lipinski definition) is 2. The molecule has 0 bridgehead atoms. The number of carbonyl (C=O) groups excluding carboxylic acids is 3. The van der Waals surface area contributed by atoms with Gasteiger partial charge in [-0.05, 0) is 61.6 Å². The number of hydrogen-bond acceptors (Lipinski definition) is 3. The molecule has 3 amide bonds. The minimum atomic E-state index is -0.125. The lowest BCUT2D eigenvalue weighted by Crippen LogP contribution is -2.40. The van der Waals surface area contributed by atoms with Gasteiger partial charge in [-0.2, -0.15) is 0 Å². The van der Waals surface area contributed by atoms with Crippen LogP contribution in [0.2, 0.25) is 0 Å². The summed E-state index contributed by atoms with van der Waals surface area (Å²) in [7, 11) is 0. The van der Waals surface area contributed by atoms with Gasteiger partial charge in [0.05, 0.1) is 0 Å². The first kappa shape index (κ1) is 20.8. The van der Waals surface area contributed by atoms with Crippen LogP contribution in [0.15, 0.2) is 60.7 Å². The average Bonchev–Trinajstić information content (AvgIpc) is 3.62. The monoisotopic (exact) mass is 417 g/mol. The van der Waals surface area contributed by atoms with Crippen molar-refractivity contribution in [2.45, 2.75) is 31.7 Å². The van der Waals surface area contributed by atoms with E-state index in [1.165, 1.54) is 0 Å². The predicted octanol–water partition coefficient (Wildman–Crippen LogP) is 3.47. The third-order valence-corrected chi connectivity index (χ3v) is 5.72. The Labute approximate surface area is 182 Å². The second-order valence-corrected chi connectivity index (χ2v) is 8.16. The molecule has 1 heterocycles. The Morgan fingerprint density at radius 2 is 1.55 bits per heavy atom. The maximum absolute atomic E-state index is 12.6. The zero-order valence-electron chi connectivity index (χ0n) is 17.4. The van der Waals surface area contributed by atoms with Gasteiger partial charge in [-0.25, -0.2) is 0 Å². The van der Waals surface area contributed by atoms with E-state index in [4.69, 9.17) is 0 Å². The first-order chi connectivity index (χ1) is 15.1. The summed E-state index contributed by atoms with van der Waals surface area (Å²) in [5.41, 5.74) is 2.26. The number of amides is 3. The number of carbonyl (C=O) groups is 3. The Bertz CT molecular complexity index is 957. The number of anilines is 1. The topological polar surface area (TPSA) is 78.5 Å². The second-order valence-electron chi connectivity index (χ2n) is 8.16. The molecule has 0 unspecified atom stereocenters. The molecule has 4 rings (SSSR count). The highest BCUT2D eigenvalue weighted by Gasteiger charge is 2.27. The molecule has 31 heavy (non-hydrogen) atoms. The summed E-state index contributed by atoms with van der Waals surface area (Å²) in [5.74, 6) is -0.261. The van der Waals surface area contributed by atoms with Crippen molar-refractivity contribution in [3.05, 3.63) is 71.8 Å². The van der Waals surface area contributed by atoms with E-state index in [0.29, 0.717) is 43.2 Å². The third-order valence-electron chi connectivity index (χ3n) is 5.72. The van der Waals surface area contributed by atoms with Crippen molar-refractivity contribution >= 4 is 29.5 Å². The van der Waals surface area contributed by atoms with E-state index in [9.17, 15) is 14.4 Å². The maximum Gasteiger partial charge on any atom is 0.251 e. The fourth-order valence-electron chi connectivity index (χ4n) is 3.64. The van der Waals surface area contributed by atoms with Crippen LogP contribution in [0.3, 0.4) is 0 Å². The molecule has 2 aromatic rings. The summed E-state index contributed by atoms with van der Waals surface area (Å²) >= 11 is 0. The summed E-state index contributed by atoms with van der Waals surface area (Å²) in [6.07, 6.45) is 6.78. The Balaban J connectivity index is 1.24. The molecule has 6 nitrogen and oxygen atoms in total. The molecule has 2 aliphatic rings. The number of nitrogens with one attached hydrogen (secondary N) is 2. The van der Waals surface area contributed by atoms with Crippen molar-refractivity contribution in [2.75, 3.05) is 18.4 Å². The Morgan fingerprint density at radius 3 is 2.19 bits per heavy atom. The van der Waals surface area contributed by atoms with Gasteiger partial charge in [-0.3, -0.25) is 14.4 Å². The minimum absolute atomic E-state index is 0.0252. The molecular formula is C25H27N3O3. The van der Waals surface area contributed by atoms with Gasteiger partial charge in [-0.15, -0.1) is 0 Å². The van der Waals surface area contributed by atoms with E-state index >= 15 is 0 Å². The molecule has 0 radical (unpaired) electrons. The number of benzene rings is 2. The van der Waals surface area contributed by atoms with Crippen LogP contribution in [-0.2, 0) is 9.59 Å². The summed E-state index contributed by atoms with van der Waals surface area (Å²) in [5, 5.41) is 5.88. The van der Waals surface area contributed by atoms with Crippen molar-refractivity contribution in [3.8, 4) is 0 Å². The van der Waals surface area contributed by atoms with Crippen LogP contribution < -0.4 is 10.6 Å². The van der Waals surface area contributed by atoms with Crippen LogP contribution >= 0.6 is 0 Å². The average molecular weight is 418 g/mol. The smallest absolute Gasteiger partial charge is 0.251 e. The van der Waals surface area contributed by atoms with E-state index in [1.54, 1.807) is 35.2 Å². The molecule has 2 fully saturated rings. The number of rotatable bonds is 6. The Kier molecular flexibility index (Phi) is 6.46. The standard InChI is InChI=1S/C25H27N3O3/c29-23(13-6-18-4-2-1-3-5-18)28-16-14-20(15-17-28)25(31)26-21-9-7-19(8-10-21)24(30)27-22-11-12-22/h1-10,13,20,22H,11-12,14-17H2,(H,26,31)(H,27,30)/b13-6+. The van der Waals surface area contributed by atoms with Crippen molar-refractivity contribution in [1.82, 2.24) is 10.2 Å². The number of likely N-dealkylation sites (tertiary alicyclic amines) is 1. The van der Waals surface area contributed by atoms with E-state index in [1.807, 2.05) is 36.4 Å². The van der Waals surface area contributed by atoms with Crippen LogP contribution in [-0.4, -0.2) is 41.8 Å². The van der Waals surface area contributed by atoms with Crippen LogP contribution in [0, 0.1) is 5.92 Å². The maximum atomic E-state index is 12.6. The van der Waals surface area contributed by atoms with Crippen molar-refractivity contribution < 1.29 is 14.4 Å². The lowest BCUT2D eigenvalue weighted by molar-refractivity contribution is -0.130. The van der Waals surface area contributed by atoms with Crippen LogP contribution in [0.4, 0.5) is 5.69 Å². The highest BCUT2D eigenvalue weighted by Crippen LogP contribution is 2.21. The number of piperidine rings is 1. The lowest BCUT2D eigenvalue weighted by Gasteiger charge is -2.30. The highest BCUT2D eigenvalue weighted by atomic mass is 16.2. The molecular weight excluding hydrogens is 390 g/mol. The van der Waals surface area contributed by atoms with Crippen molar-refractivity contribution in [3.63, 3.8) is 0 Å². The summed E-state index contributed by atoms with van der Waals surface area (Å²) < 4.78 is 0. The minimum Gasteiger partial charge on any atom is -0.349 e. The molecule has 2 N–H and O–H groups in total. The first-order valence-electron chi connectivity index (χ1n) is 10.8. The molecule has 160 valence electrons. The summed E-state index contributed by atoms with van der Waals surface area (Å²) in [4.78, 5) is 38.9. The van der Waals surface area contributed by atoms with E-state index in [0.717, 1.165) is 18.4 Å². The molecule has 0 atom stereocenters. The lowest BCUT2D eigenvalue weighted by atomic mass is 9.95. The van der Waals surface area contributed by atoms with Crippen molar-refractivity contribution in [2.24, 2.45) is 5.92 Å². The fraction of sp³-hybridized carbons (Fsp3) is 0.320. The molecule has 0 aromatic heterocycles. The van der Waals surface area contributed by atoms with Crippen LogP contribution in [0.5, 0.6) is 0 Å². The van der Waals surface area contributed by atoms with E-state index in [2.05, 4.69) is 10.6 Å². The van der Waals surface area contributed by atoms with Gasteiger partial charge in [0, 0.05) is 42.4 Å². The summed E-state index contributed by atoms with van der Waals surface area (Å²) in [6, 6.07) is 17.0. The predicted molar refractivity (Wildman–Crippen MR) is 120 cm³/mol. The fourth-order valence-corrected chi connectivity index (χ4v) is 3.64. The molecule has 1 saturated carbocycles. The Morgan fingerprint density at radius 1 is 0.871 bits per heavy atom. The molecule has 1 aliphatic heterocycles. The molecule has 1 saturated heterocycles. The second kappa shape index (κ2) is 9.60. The highest BCUT2D eigenvalue weighted by molar-refractivity contribution is 5.96. The van der Waals surface area contributed by atoms with Crippen LogP contribution in [0.1, 0.15) is 41.6 Å². The van der Waals surface area contributed by atoms with Gasteiger partial charge in [0.2, 0.25) is 11.8 Å². The normalized spacial score (nSPS) is 16.8. The van der Waals surface area contributed by atoms with Crippen molar-refractivity contribution in [1.29, 1.82) is 0 Å². The SMILES string of the molecule is O=C(NC1CC1)c1ccc(NC(=O)C2CCN(C(=O)/C=C/c3ccccc3)CC2)cc1. The number of nitrogens with zero attached hydrogens (tertiary/aromatic N) is 1. The molecule has 6 heteroatoms. The van der Waals surface area contributed by atoms with Gasteiger partial charge in [0.15, 0.2) is 0 Å². The zero-order valence-corrected chi connectivity index (χ0v) is 17.4. The van der Waals surface area contributed by atoms with E-state index in [-0.39, 0.29) is 23.6 Å². The molecule has 0 spiro atoms. The van der Waals surface area contributed by atoms with Gasteiger partial charge in [0.1, 0.15) is 0 Å². The van der Waals surface area contributed by atoms with E-state index < -0.39 is 0 Å².